The molecule has 1 saturated heterocycles. The van der Waals surface area contributed by atoms with Crippen molar-refractivity contribution in [3.05, 3.63) is 64.1 Å². The first kappa shape index (κ1) is 14.0. The van der Waals surface area contributed by atoms with Gasteiger partial charge in [0.1, 0.15) is 5.82 Å². The lowest BCUT2D eigenvalue weighted by Gasteiger charge is -2.27. The minimum Gasteiger partial charge on any atom is -0.378 e. The molecule has 1 N–H and O–H groups in total. The Kier molecular flexibility index (Phi) is 3.59. The molecule has 4 rings (SSSR count). The van der Waals surface area contributed by atoms with E-state index in [9.17, 15) is 4.79 Å². The number of morpholine rings is 1. The maximum Gasteiger partial charge on any atom is 0.274 e. The summed E-state index contributed by atoms with van der Waals surface area (Å²) in [6.45, 7) is 2.87. The van der Waals surface area contributed by atoms with E-state index in [-0.39, 0.29) is 5.56 Å². The zero-order valence-electron chi connectivity index (χ0n) is 12.7. The van der Waals surface area contributed by atoms with Crippen LogP contribution in [0.3, 0.4) is 0 Å². The number of nitrogens with one attached hydrogen (secondary N) is 1. The molecule has 1 aliphatic heterocycles. The predicted molar refractivity (Wildman–Crippen MR) is 88.1 cm³/mol. The van der Waals surface area contributed by atoms with Crippen LogP contribution in [0.4, 0.5) is 5.82 Å². The van der Waals surface area contributed by atoms with Gasteiger partial charge in [-0.3, -0.25) is 9.89 Å². The minimum absolute atomic E-state index is 0.0872. The van der Waals surface area contributed by atoms with Crippen LogP contribution in [-0.4, -0.2) is 40.9 Å². The molecule has 118 valence electrons. The van der Waals surface area contributed by atoms with Crippen molar-refractivity contribution in [1.29, 1.82) is 0 Å². The van der Waals surface area contributed by atoms with Crippen LogP contribution in [0.1, 0.15) is 11.1 Å². The zero-order valence-corrected chi connectivity index (χ0v) is 12.7. The molecule has 0 aliphatic carbocycles. The third-order valence-corrected chi connectivity index (χ3v) is 4.13. The van der Waals surface area contributed by atoms with Crippen LogP contribution in [0.5, 0.6) is 0 Å². The van der Waals surface area contributed by atoms with Crippen LogP contribution < -0.4 is 10.5 Å². The van der Waals surface area contributed by atoms with E-state index in [4.69, 9.17) is 9.72 Å². The third kappa shape index (κ3) is 2.73. The third-order valence-electron chi connectivity index (χ3n) is 4.13. The summed E-state index contributed by atoms with van der Waals surface area (Å²) < 4.78 is 6.87. The molecule has 6 nitrogen and oxygen atoms in total. The summed E-state index contributed by atoms with van der Waals surface area (Å²) in [4.78, 5) is 19.2. The number of ether oxygens (including phenoxy) is 1. The van der Waals surface area contributed by atoms with Gasteiger partial charge in [-0.05, 0) is 5.56 Å². The first-order valence-electron chi connectivity index (χ1n) is 7.78. The lowest BCUT2D eigenvalue weighted by atomic mass is 10.1. The summed E-state index contributed by atoms with van der Waals surface area (Å²) >= 11 is 0. The highest BCUT2D eigenvalue weighted by Crippen LogP contribution is 2.17. The van der Waals surface area contributed by atoms with Crippen molar-refractivity contribution < 1.29 is 4.74 Å². The van der Waals surface area contributed by atoms with E-state index in [1.54, 1.807) is 6.07 Å². The van der Waals surface area contributed by atoms with Gasteiger partial charge in [0, 0.05) is 37.3 Å². The molecule has 23 heavy (non-hydrogen) atoms. The Morgan fingerprint density at radius 3 is 2.74 bits per heavy atom. The topological polar surface area (TPSA) is 62.6 Å². The van der Waals surface area contributed by atoms with Gasteiger partial charge >= 0.3 is 0 Å². The fourth-order valence-electron chi connectivity index (χ4n) is 2.92. The van der Waals surface area contributed by atoms with Crippen LogP contribution in [0.15, 0.2) is 47.4 Å². The molecule has 1 fully saturated rings. The lowest BCUT2D eigenvalue weighted by molar-refractivity contribution is 0.122. The van der Waals surface area contributed by atoms with Crippen LogP contribution in [0.25, 0.3) is 5.65 Å². The summed E-state index contributed by atoms with van der Waals surface area (Å²) in [6.07, 6.45) is 2.60. The summed E-state index contributed by atoms with van der Waals surface area (Å²) in [7, 11) is 0. The quantitative estimate of drug-likeness (QED) is 0.795. The van der Waals surface area contributed by atoms with Crippen molar-refractivity contribution in [2.75, 3.05) is 31.2 Å². The van der Waals surface area contributed by atoms with Crippen molar-refractivity contribution in [2.24, 2.45) is 0 Å². The molecule has 3 heterocycles. The first-order chi connectivity index (χ1) is 11.3. The van der Waals surface area contributed by atoms with Crippen molar-refractivity contribution in [3.8, 4) is 0 Å². The molecule has 3 aromatic rings. The van der Waals surface area contributed by atoms with Crippen molar-refractivity contribution in [1.82, 2.24) is 14.6 Å². The Labute approximate surface area is 133 Å². The number of rotatable bonds is 3. The molecule has 0 atom stereocenters. The summed E-state index contributed by atoms with van der Waals surface area (Å²) in [6, 6.07) is 11.8. The van der Waals surface area contributed by atoms with E-state index in [0.717, 1.165) is 30.9 Å². The Bertz CT molecular complexity index is 863. The van der Waals surface area contributed by atoms with Gasteiger partial charge in [-0.25, -0.2) is 9.50 Å². The Balaban J connectivity index is 1.74. The molecular formula is C17H18N4O2. The van der Waals surface area contributed by atoms with E-state index < -0.39 is 0 Å². The van der Waals surface area contributed by atoms with Crippen molar-refractivity contribution >= 4 is 11.5 Å². The van der Waals surface area contributed by atoms with Crippen molar-refractivity contribution in [3.63, 3.8) is 0 Å². The molecule has 2 aromatic heterocycles. The summed E-state index contributed by atoms with van der Waals surface area (Å²) in [5, 5.41) is 3.01. The second-order valence-corrected chi connectivity index (χ2v) is 5.67. The molecule has 0 radical (unpaired) electrons. The molecule has 6 heteroatoms. The maximum absolute atomic E-state index is 12.3. The fourth-order valence-corrected chi connectivity index (χ4v) is 2.92. The van der Waals surface area contributed by atoms with Gasteiger partial charge in [0.15, 0.2) is 5.65 Å². The van der Waals surface area contributed by atoms with Gasteiger partial charge in [0.25, 0.3) is 5.56 Å². The first-order valence-corrected chi connectivity index (χ1v) is 7.78. The molecule has 0 spiro atoms. The Morgan fingerprint density at radius 2 is 1.96 bits per heavy atom. The average molecular weight is 310 g/mol. The maximum atomic E-state index is 12.3. The van der Waals surface area contributed by atoms with Gasteiger partial charge in [0.05, 0.1) is 13.2 Å². The van der Waals surface area contributed by atoms with Crippen LogP contribution >= 0.6 is 0 Å². The molecular weight excluding hydrogens is 292 g/mol. The molecule has 1 aromatic carbocycles. The van der Waals surface area contributed by atoms with Gasteiger partial charge in [-0.15, -0.1) is 0 Å². The number of nitrogens with zero attached hydrogens (tertiary/aromatic N) is 3. The largest absolute Gasteiger partial charge is 0.378 e. The van der Waals surface area contributed by atoms with Gasteiger partial charge < -0.3 is 9.64 Å². The smallest absolute Gasteiger partial charge is 0.274 e. The zero-order chi connectivity index (χ0) is 15.6. The average Bonchev–Trinajstić information content (AvgIpc) is 3.00. The lowest BCUT2D eigenvalue weighted by Crippen LogP contribution is -2.37. The van der Waals surface area contributed by atoms with Gasteiger partial charge in [0.2, 0.25) is 0 Å². The highest BCUT2D eigenvalue weighted by molar-refractivity contribution is 5.54. The standard InChI is InChI=1S/C17H18N4O2/c22-16-11-15(20-6-8-23-9-7-20)19-17-14(12-18-21(16)17)10-13-4-2-1-3-5-13/h1-5,11-12,18H,6-10H2. The number of hydrogen-bond donors (Lipinski definition) is 1. The van der Waals surface area contributed by atoms with Gasteiger partial charge in [-0.1, -0.05) is 30.3 Å². The van der Waals surface area contributed by atoms with Crippen LogP contribution in [0, 0.1) is 0 Å². The molecule has 0 amide bonds. The second kappa shape index (κ2) is 5.89. The monoisotopic (exact) mass is 310 g/mol. The fraction of sp³-hybridized carbons (Fsp3) is 0.294. The highest BCUT2D eigenvalue weighted by atomic mass is 16.5. The number of aromatic amines is 1. The number of anilines is 1. The number of H-pyrrole nitrogens is 1. The van der Waals surface area contributed by atoms with Crippen LogP contribution in [-0.2, 0) is 11.2 Å². The molecule has 1 aliphatic rings. The van der Waals surface area contributed by atoms with Gasteiger partial charge in [-0.2, -0.15) is 0 Å². The highest BCUT2D eigenvalue weighted by Gasteiger charge is 2.16. The van der Waals surface area contributed by atoms with E-state index in [2.05, 4.69) is 22.1 Å². The Hall–Kier alpha value is -2.60. The Morgan fingerprint density at radius 1 is 1.17 bits per heavy atom. The van der Waals surface area contributed by atoms with E-state index in [1.165, 1.54) is 10.1 Å². The van der Waals surface area contributed by atoms with Crippen LogP contribution in [0.2, 0.25) is 0 Å². The number of fused-ring (bicyclic) bond motifs is 1. The number of hydrogen-bond acceptors (Lipinski definition) is 4. The predicted octanol–water partition coefficient (Wildman–Crippen LogP) is 1.45. The van der Waals surface area contributed by atoms with E-state index in [1.807, 2.05) is 24.4 Å². The van der Waals surface area contributed by atoms with Crippen molar-refractivity contribution in [2.45, 2.75) is 6.42 Å². The molecule has 0 saturated carbocycles. The number of aromatic nitrogens is 3. The SMILES string of the molecule is O=c1cc(N2CCOCC2)nc2c(Cc3ccccc3)c[nH]n12. The number of benzene rings is 1. The summed E-state index contributed by atoms with van der Waals surface area (Å²) in [5.41, 5.74) is 2.82. The normalized spacial score (nSPS) is 15.2. The van der Waals surface area contributed by atoms with E-state index >= 15 is 0 Å². The molecule has 0 unspecified atom stereocenters. The second-order valence-electron chi connectivity index (χ2n) is 5.67. The minimum atomic E-state index is -0.0872. The molecule has 0 bridgehead atoms. The summed E-state index contributed by atoms with van der Waals surface area (Å²) in [5.74, 6) is 0.729. The van der Waals surface area contributed by atoms with E-state index in [0.29, 0.717) is 18.9 Å².